The van der Waals surface area contributed by atoms with Crippen molar-refractivity contribution in [3.8, 4) is 0 Å². The molecule has 3 aliphatic rings. The Balaban J connectivity index is 1.61. The summed E-state index contributed by atoms with van der Waals surface area (Å²) in [6, 6.07) is 7.08. The SMILES string of the molecule is COC1CCC2C(=O)C3=C(OC2C1)C(=O)N(c1nnc(C)s1)C3c1ccc(Br)cc1. The number of hydrogen-bond acceptors (Lipinski definition) is 7. The van der Waals surface area contributed by atoms with Crippen molar-refractivity contribution >= 4 is 44.1 Å². The summed E-state index contributed by atoms with van der Waals surface area (Å²) in [6.45, 7) is 1.84. The second kappa shape index (κ2) is 7.55. The number of Topliss-reactive ketones (excluding diaryl/α,β-unsaturated/α-hetero) is 1. The molecule has 2 aromatic rings. The van der Waals surface area contributed by atoms with Crippen LogP contribution < -0.4 is 4.90 Å². The van der Waals surface area contributed by atoms with Gasteiger partial charge in [0, 0.05) is 18.0 Å². The van der Waals surface area contributed by atoms with Gasteiger partial charge in [0.2, 0.25) is 5.13 Å². The van der Waals surface area contributed by atoms with Crippen molar-refractivity contribution in [3.05, 3.63) is 50.6 Å². The maximum atomic E-state index is 13.6. The number of fused-ring (bicyclic) bond motifs is 1. The highest BCUT2D eigenvalue weighted by Crippen LogP contribution is 2.48. The molecule has 1 aliphatic carbocycles. The van der Waals surface area contributed by atoms with Crippen LogP contribution in [-0.2, 0) is 19.1 Å². The lowest BCUT2D eigenvalue weighted by Gasteiger charge is -2.38. The summed E-state index contributed by atoms with van der Waals surface area (Å²) in [5, 5.41) is 9.48. The quantitative estimate of drug-likeness (QED) is 0.653. The van der Waals surface area contributed by atoms with Crippen LogP contribution in [0.5, 0.6) is 0 Å². The molecule has 1 aromatic heterocycles. The van der Waals surface area contributed by atoms with E-state index in [2.05, 4.69) is 26.1 Å². The Morgan fingerprint density at radius 1 is 1.20 bits per heavy atom. The summed E-state index contributed by atoms with van der Waals surface area (Å²) < 4.78 is 12.6. The molecule has 4 unspecified atom stereocenters. The van der Waals surface area contributed by atoms with E-state index in [0.29, 0.717) is 23.5 Å². The van der Waals surface area contributed by atoms with Crippen molar-refractivity contribution in [2.75, 3.05) is 12.0 Å². The van der Waals surface area contributed by atoms with Crippen molar-refractivity contribution in [1.29, 1.82) is 0 Å². The van der Waals surface area contributed by atoms with Gasteiger partial charge < -0.3 is 9.47 Å². The molecule has 0 spiro atoms. The third-order valence-electron chi connectivity index (χ3n) is 6.04. The number of benzene rings is 1. The summed E-state index contributed by atoms with van der Waals surface area (Å²) in [7, 11) is 1.67. The minimum absolute atomic E-state index is 0.000749. The first kappa shape index (κ1) is 19.8. The van der Waals surface area contributed by atoms with Crippen LogP contribution in [0.15, 0.2) is 40.1 Å². The highest BCUT2D eigenvalue weighted by molar-refractivity contribution is 9.10. The standard InChI is InChI=1S/C21H20BrN3O4S/c1-10-23-24-21(30-10)25-17(11-3-5-12(22)6-4-11)16-18(26)14-8-7-13(28-2)9-15(14)29-19(16)20(25)27/h3-6,13-15,17H,7-9H2,1-2H3. The van der Waals surface area contributed by atoms with Gasteiger partial charge in [-0.3, -0.25) is 14.5 Å². The topological polar surface area (TPSA) is 81.6 Å². The number of hydrogen-bond donors (Lipinski definition) is 0. The zero-order chi connectivity index (χ0) is 21.0. The maximum Gasteiger partial charge on any atom is 0.296 e. The van der Waals surface area contributed by atoms with Gasteiger partial charge in [-0.25, -0.2) is 0 Å². The molecule has 3 heterocycles. The Labute approximate surface area is 186 Å². The fourth-order valence-corrected chi connectivity index (χ4v) is 5.56. The molecule has 30 heavy (non-hydrogen) atoms. The predicted octanol–water partition coefficient (Wildman–Crippen LogP) is 3.73. The molecule has 5 rings (SSSR count). The van der Waals surface area contributed by atoms with Gasteiger partial charge in [-0.2, -0.15) is 0 Å². The van der Waals surface area contributed by atoms with Crippen LogP contribution in [-0.4, -0.2) is 41.2 Å². The van der Waals surface area contributed by atoms with Crippen LogP contribution in [0.3, 0.4) is 0 Å². The number of ketones is 1. The first-order chi connectivity index (χ1) is 14.5. The summed E-state index contributed by atoms with van der Waals surface area (Å²) >= 11 is 4.78. The lowest BCUT2D eigenvalue weighted by atomic mass is 9.76. The van der Waals surface area contributed by atoms with Crippen LogP contribution >= 0.6 is 27.3 Å². The van der Waals surface area contributed by atoms with Crippen LogP contribution in [0.2, 0.25) is 0 Å². The van der Waals surface area contributed by atoms with Gasteiger partial charge in [-0.1, -0.05) is 39.4 Å². The van der Waals surface area contributed by atoms with E-state index in [0.717, 1.165) is 21.5 Å². The van der Waals surface area contributed by atoms with Crippen molar-refractivity contribution in [3.63, 3.8) is 0 Å². The number of methoxy groups -OCH3 is 1. The number of anilines is 1. The van der Waals surface area contributed by atoms with Gasteiger partial charge in [0.05, 0.1) is 23.6 Å². The molecular weight excluding hydrogens is 470 g/mol. The highest BCUT2D eigenvalue weighted by atomic mass is 79.9. The average Bonchev–Trinajstić information content (AvgIpc) is 3.29. The zero-order valence-electron chi connectivity index (χ0n) is 16.5. The number of aryl methyl sites for hydroxylation is 1. The minimum atomic E-state index is -0.568. The molecular formula is C21H20BrN3O4S. The van der Waals surface area contributed by atoms with Crippen molar-refractivity contribution in [2.24, 2.45) is 5.92 Å². The van der Waals surface area contributed by atoms with Crippen molar-refractivity contribution in [1.82, 2.24) is 10.2 Å². The molecule has 1 aromatic carbocycles. The van der Waals surface area contributed by atoms with Gasteiger partial charge in [0.25, 0.3) is 5.91 Å². The molecule has 7 nitrogen and oxygen atoms in total. The van der Waals surface area contributed by atoms with Gasteiger partial charge in [-0.15, -0.1) is 10.2 Å². The Morgan fingerprint density at radius 2 is 1.97 bits per heavy atom. The van der Waals surface area contributed by atoms with E-state index in [1.54, 1.807) is 12.0 Å². The van der Waals surface area contributed by atoms with Gasteiger partial charge in [-0.05, 0) is 37.5 Å². The van der Waals surface area contributed by atoms with Gasteiger partial charge in [0.15, 0.2) is 11.5 Å². The number of halogens is 1. The molecule has 9 heteroatoms. The molecule has 1 fully saturated rings. The Kier molecular flexibility index (Phi) is 4.99. The zero-order valence-corrected chi connectivity index (χ0v) is 18.9. The second-order valence-corrected chi connectivity index (χ2v) is 9.85. The largest absolute Gasteiger partial charge is 0.483 e. The van der Waals surface area contributed by atoms with E-state index in [9.17, 15) is 9.59 Å². The third-order valence-corrected chi connectivity index (χ3v) is 7.41. The van der Waals surface area contributed by atoms with Crippen molar-refractivity contribution < 1.29 is 19.1 Å². The lowest BCUT2D eigenvalue weighted by molar-refractivity contribution is -0.135. The van der Waals surface area contributed by atoms with Gasteiger partial charge in [0.1, 0.15) is 11.1 Å². The predicted molar refractivity (Wildman–Crippen MR) is 114 cm³/mol. The number of amides is 1. The third kappa shape index (κ3) is 3.11. The minimum Gasteiger partial charge on any atom is -0.483 e. The molecule has 0 N–H and O–H groups in total. The lowest BCUT2D eigenvalue weighted by Crippen LogP contribution is -2.43. The second-order valence-electron chi connectivity index (χ2n) is 7.77. The number of carbonyl (C=O) groups excluding carboxylic acids is 2. The first-order valence-electron chi connectivity index (χ1n) is 9.85. The molecule has 0 saturated heterocycles. The Morgan fingerprint density at radius 3 is 2.63 bits per heavy atom. The van der Waals surface area contributed by atoms with E-state index < -0.39 is 6.04 Å². The van der Waals surface area contributed by atoms with Crippen LogP contribution in [0.1, 0.15) is 35.9 Å². The van der Waals surface area contributed by atoms with Gasteiger partial charge >= 0.3 is 0 Å². The number of ether oxygens (including phenoxy) is 2. The fourth-order valence-electron chi connectivity index (χ4n) is 4.59. The number of carbonyl (C=O) groups is 2. The summed E-state index contributed by atoms with van der Waals surface area (Å²) in [6.07, 6.45) is 1.82. The highest BCUT2D eigenvalue weighted by Gasteiger charge is 2.54. The molecule has 156 valence electrons. The molecule has 0 bridgehead atoms. The van der Waals surface area contributed by atoms with E-state index in [4.69, 9.17) is 9.47 Å². The Bertz CT molecular complexity index is 1050. The normalized spacial score (nSPS) is 28.4. The van der Waals surface area contributed by atoms with E-state index in [1.807, 2.05) is 31.2 Å². The summed E-state index contributed by atoms with van der Waals surface area (Å²) in [4.78, 5) is 28.6. The summed E-state index contributed by atoms with van der Waals surface area (Å²) in [5.74, 6) is -0.433. The molecule has 0 radical (unpaired) electrons. The number of aromatic nitrogens is 2. The van der Waals surface area contributed by atoms with Crippen molar-refractivity contribution in [2.45, 2.75) is 44.4 Å². The van der Waals surface area contributed by atoms with Crippen LogP contribution in [0.25, 0.3) is 0 Å². The number of nitrogens with zero attached hydrogens (tertiary/aromatic N) is 3. The van der Waals surface area contributed by atoms with E-state index >= 15 is 0 Å². The molecule has 1 saturated carbocycles. The van der Waals surface area contributed by atoms with Crippen LogP contribution in [0.4, 0.5) is 5.13 Å². The monoisotopic (exact) mass is 489 g/mol. The van der Waals surface area contributed by atoms with Crippen LogP contribution in [0, 0.1) is 12.8 Å². The summed E-state index contributed by atoms with van der Waals surface area (Å²) in [5.41, 5.74) is 1.28. The smallest absolute Gasteiger partial charge is 0.296 e. The maximum absolute atomic E-state index is 13.6. The Hall–Kier alpha value is -2.10. The van der Waals surface area contributed by atoms with E-state index in [1.165, 1.54) is 11.3 Å². The molecule has 2 aliphatic heterocycles. The average molecular weight is 490 g/mol. The van der Waals surface area contributed by atoms with E-state index in [-0.39, 0.29) is 35.6 Å². The fraction of sp³-hybridized carbons (Fsp3) is 0.429. The first-order valence-corrected chi connectivity index (χ1v) is 11.5. The molecule has 1 amide bonds. The molecule has 4 atom stereocenters. The number of rotatable bonds is 3.